The minimum absolute atomic E-state index is 0.906. The molecule has 0 saturated carbocycles. The summed E-state index contributed by atoms with van der Waals surface area (Å²) < 4.78 is 1.85. The van der Waals surface area contributed by atoms with Gasteiger partial charge in [-0.1, -0.05) is 0 Å². The standard InChI is InChI=1S/C8H8N4/c1-3-9-8-6(1)5-10-7-2-4-11-12(7)8/h2,4-5,9H,1,3H2. The first kappa shape index (κ1) is 5.99. The fraction of sp³-hybridized carbons (Fsp3) is 0.250. The maximum absolute atomic E-state index is 4.27. The van der Waals surface area contributed by atoms with Crippen LogP contribution in [0.1, 0.15) is 5.56 Å². The molecular formula is C8H8N4. The molecular weight excluding hydrogens is 152 g/mol. The van der Waals surface area contributed by atoms with Crippen LogP contribution in [0.3, 0.4) is 0 Å². The van der Waals surface area contributed by atoms with Crippen LogP contribution < -0.4 is 5.32 Å². The predicted molar refractivity (Wildman–Crippen MR) is 45.2 cm³/mol. The van der Waals surface area contributed by atoms with Gasteiger partial charge in [-0.3, -0.25) is 0 Å². The number of hydrogen-bond acceptors (Lipinski definition) is 3. The van der Waals surface area contributed by atoms with Crippen molar-refractivity contribution in [1.29, 1.82) is 0 Å². The van der Waals surface area contributed by atoms with Gasteiger partial charge in [-0.2, -0.15) is 9.61 Å². The zero-order chi connectivity index (χ0) is 7.97. The Kier molecular flexibility index (Phi) is 0.983. The van der Waals surface area contributed by atoms with E-state index in [1.165, 1.54) is 5.56 Å². The first-order valence-electron chi connectivity index (χ1n) is 4.01. The van der Waals surface area contributed by atoms with Gasteiger partial charge in [0.1, 0.15) is 5.82 Å². The summed E-state index contributed by atoms with van der Waals surface area (Å²) in [4.78, 5) is 4.27. The van der Waals surface area contributed by atoms with Crippen molar-refractivity contribution in [2.45, 2.75) is 6.42 Å². The van der Waals surface area contributed by atoms with E-state index >= 15 is 0 Å². The van der Waals surface area contributed by atoms with Gasteiger partial charge in [0.2, 0.25) is 0 Å². The van der Waals surface area contributed by atoms with E-state index in [9.17, 15) is 0 Å². The van der Waals surface area contributed by atoms with Gasteiger partial charge in [0.15, 0.2) is 5.65 Å². The van der Waals surface area contributed by atoms with E-state index in [0.717, 1.165) is 24.4 Å². The average Bonchev–Trinajstić information content (AvgIpc) is 2.71. The van der Waals surface area contributed by atoms with Crippen LogP contribution in [0.4, 0.5) is 5.82 Å². The van der Waals surface area contributed by atoms with Gasteiger partial charge in [0.25, 0.3) is 0 Å². The maximum atomic E-state index is 4.27. The Bertz CT molecular complexity index is 432. The minimum atomic E-state index is 0.906. The summed E-state index contributed by atoms with van der Waals surface area (Å²) in [5.74, 6) is 1.10. The number of anilines is 1. The van der Waals surface area contributed by atoms with Crippen LogP contribution in [0.15, 0.2) is 18.5 Å². The second-order valence-corrected chi connectivity index (χ2v) is 2.91. The second kappa shape index (κ2) is 1.97. The highest BCUT2D eigenvalue weighted by atomic mass is 15.3. The zero-order valence-electron chi connectivity index (χ0n) is 6.49. The van der Waals surface area contributed by atoms with Gasteiger partial charge in [0.05, 0.1) is 6.20 Å². The van der Waals surface area contributed by atoms with Crippen molar-refractivity contribution in [3.8, 4) is 0 Å². The molecule has 0 aromatic carbocycles. The maximum Gasteiger partial charge on any atom is 0.157 e. The monoisotopic (exact) mass is 160 g/mol. The molecule has 3 rings (SSSR count). The van der Waals surface area contributed by atoms with Gasteiger partial charge in [-0.25, -0.2) is 4.98 Å². The van der Waals surface area contributed by atoms with Crippen molar-refractivity contribution >= 4 is 11.5 Å². The average molecular weight is 160 g/mol. The van der Waals surface area contributed by atoms with Crippen molar-refractivity contribution in [3.05, 3.63) is 24.0 Å². The van der Waals surface area contributed by atoms with E-state index in [1.807, 2.05) is 16.8 Å². The highest BCUT2D eigenvalue weighted by Crippen LogP contribution is 2.20. The van der Waals surface area contributed by atoms with Crippen molar-refractivity contribution in [3.63, 3.8) is 0 Å². The predicted octanol–water partition coefficient (Wildman–Crippen LogP) is 0.697. The lowest BCUT2D eigenvalue weighted by molar-refractivity contribution is 0.944. The lowest BCUT2D eigenvalue weighted by Crippen LogP contribution is -1.99. The summed E-state index contributed by atoms with van der Waals surface area (Å²) >= 11 is 0. The van der Waals surface area contributed by atoms with Crippen LogP contribution in [0, 0.1) is 0 Å². The normalized spacial score (nSPS) is 14.7. The van der Waals surface area contributed by atoms with E-state index < -0.39 is 0 Å². The van der Waals surface area contributed by atoms with Gasteiger partial charge in [0, 0.05) is 24.4 Å². The number of rotatable bonds is 0. The van der Waals surface area contributed by atoms with Gasteiger partial charge < -0.3 is 5.32 Å². The van der Waals surface area contributed by atoms with Crippen molar-refractivity contribution in [2.24, 2.45) is 0 Å². The molecule has 12 heavy (non-hydrogen) atoms. The summed E-state index contributed by atoms with van der Waals surface area (Å²) in [5.41, 5.74) is 2.16. The number of hydrogen-bond donors (Lipinski definition) is 1. The lowest BCUT2D eigenvalue weighted by atomic mass is 10.3. The molecule has 0 amide bonds. The Morgan fingerprint density at radius 2 is 2.50 bits per heavy atom. The largest absolute Gasteiger partial charge is 0.369 e. The SMILES string of the molecule is c1cc2ncc3c(n2n1)NCC3. The summed E-state index contributed by atoms with van der Waals surface area (Å²) in [6.45, 7) is 0.996. The summed E-state index contributed by atoms with van der Waals surface area (Å²) in [6, 6.07) is 1.90. The summed E-state index contributed by atoms with van der Waals surface area (Å²) in [6.07, 6.45) is 4.74. The molecule has 4 nitrogen and oxygen atoms in total. The molecule has 2 aromatic heterocycles. The first-order chi connectivity index (χ1) is 5.95. The van der Waals surface area contributed by atoms with Crippen LogP contribution in [0.5, 0.6) is 0 Å². The molecule has 0 atom stereocenters. The fourth-order valence-corrected chi connectivity index (χ4v) is 1.59. The molecule has 1 aliphatic heterocycles. The topological polar surface area (TPSA) is 42.2 Å². The molecule has 2 aromatic rings. The molecule has 0 spiro atoms. The van der Waals surface area contributed by atoms with Crippen LogP contribution in [0.2, 0.25) is 0 Å². The molecule has 60 valence electrons. The molecule has 0 saturated heterocycles. The Hall–Kier alpha value is -1.58. The molecule has 4 heteroatoms. The first-order valence-corrected chi connectivity index (χ1v) is 4.01. The Balaban J connectivity index is 2.46. The molecule has 1 aliphatic rings. The Labute approximate surface area is 69.2 Å². The fourth-order valence-electron chi connectivity index (χ4n) is 1.59. The molecule has 0 unspecified atom stereocenters. The van der Waals surface area contributed by atoms with Crippen LogP contribution in [-0.4, -0.2) is 21.1 Å². The summed E-state index contributed by atoms with van der Waals surface area (Å²) in [7, 11) is 0. The van der Waals surface area contributed by atoms with E-state index in [2.05, 4.69) is 15.4 Å². The third-order valence-corrected chi connectivity index (χ3v) is 2.18. The van der Waals surface area contributed by atoms with Gasteiger partial charge >= 0.3 is 0 Å². The number of nitrogens with one attached hydrogen (secondary N) is 1. The van der Waals surface area contributed by atoms with Gasteiger partial charge in [-0.05, 0) is 6.42 Å². The molecule has 0 radical (unpaired) electrons. The van der Waals surface area contributed by atoms with Crippen LogP contribution in [-0.2, 0) is 6.42 Å². The van der Waals surface area contributed by atoms with Crippen molar-refractivity contribution in [2.75, 3.05) is 11.9 Å². The van der Waals surface area contributed by atoms with Crippen LogP contribution >= 0.6 is 0 Å². The highest BCUT2D eigenvalue weighted by molar-refractivity contribution is 5.55. The van der Waals surface area contributed by atoms with Gasteiger partial charge in [-0.15, -0.1) is 0 Å². The molecule has 0 fully saturated rings. The molecule has 0 bridgehead atoms. The third-order valence-electron chi connectivity index (χ3n) is 2.18. The Morgan fingerprint density at radius 1 is 1.50 bits per heavy atom. The lowest BCUT2D eigenvalue weighted by Gasteiger charge is -2.00. The summed E-state index contributed by atoms with van der Waals surface area (Å²) in [5, 5.41) is 7.47. The number of aromatic nitrogens is 3. The van der Waals surface area contributed by atoms with E-state index in [1.54, 1.807) is 6.20 Å². The Morgan fingerprint density at radius 3 is 3.50 bits per heavy atom. The van der Waals surface area contributed by atoms with E-state index in [0.29, 0.717) is 0 Å². The second-order valence-electron chi connectivity index (χ2n) is 2.91. The smallest absolute Gasteiger partial charge is 0.157 e. The molecule has 1 N–H and O–H groups in total. The zero-order valence-corrected chi connectivity index (χ0v) is 6.49. The quantitative estimate of drug-likeness (QED) is 0.616. The van der Waals surface area contributed by atoms with E-state index in [-0.39, 0.29) is 0 Å². The molecule has 3 heterocycles. The minimum Gasteiger partial charge on any atom is -0.369 e. The van der Waals surface area contributed by atoms with E-state index in [4.69, 9.17) is 0 Å². The number of nitrogens with zero attached hydrogens (tertiary/aromatic N) is 3. The number of fused-ring (bicyclic) bond motifs is 3. The third kappa shape index (κ3) is 0.617. The van der Waals surface area contributed by atoms with Crippen molar-refractivity contribution < 1.29 is 0 Å². The van der Waals surface area contributed by atoms with Crippen LogP contribution in [0.25, 0.3) is 5.65 Å². The molecule has 0 aliphatic carbocycles. The van der Waals surface area contributed by atoms with Crippen molar-refractivity contribution in [1.82, 2.24) is 14.6 Å². The highest BCUT2D eigenvalue weighted by Gasteiger charge is 2.13.